The second kappa shape index (κ2) is 9.40. The summed E-state index contributed by atoms with van der Waals surface area (Å²) in [5.74, 6) is 0.334. The van der Waals surface area contributed by atoms with Crippen molar-refractivity contribution in [3.05, 3.63) is 70.0 Å². The van der Waals surface area contributed by atoms with E-state index in [-0.39, 0.29) is 29.3 Å². The van der Waals surface area contributed by atoms with E-state index in [0.29, 0.717) is 5.92 Å². The molecule has 0 amide bonds. The molecular weight excluding hydrogens is 442 g/mol. The molecular formula is C33H45NO2. The largest absolute Gasteiger partial charge is 0.370 e. The van der Waals surface area contributed by atoms with E-state index < -0.39 is 0 Å². The van der Waals surface area contributed by atoms with Gasteiger partial charge in [0.2, 0.25) is 0 Å². The van der Waals surface area contributed by atoms with Crippen molar-refractivity contribution in [3.63, 3.8) is 0 Å². The van der Waals surface area contributed by atoms with Gasteiger partial charge in [-0.15, -0.1) is 0 Å². The topological polar surface area (TPSA) is 31.4 Å². The predicted octanol–water partition coefficient (Wildman–Crippen LogP) is 8.96. The van der Waals surface area contributed by atoms with Crippen LogP contribution in [0.5, 0.6) is 0 Å². The van der Waals surface area contributed by atoms with E-state index in [1.54, 1.807) is 0 Å². The summed E-state index contributed by atoms with van der Waals surface area (Å²) in [5, 5.41) is 0. The van der Waals surface area contributed by atoms with Crippen molar-refractivity contribution in [3.8, 4) is 0 Å². The monoisotopic (exact) mass is 487 g/mol. The smallest absolute Gasteiger partial charge is 0.111 e. The number of rotatable bonds is 6. The second-order valence-electron chi connectivity index (χ2n) is 12.8. The van der Waals surface area contributed by atoms with E-state index in [0.717, 1.165) is 37.7 Å². The Morgan fingerprint density at radius 2 is 1.78 bits per heavy atom. The van der Waals surface area contributed by atoms with Gasteiger partial charge in [-0.2, -0.15) is 0 Å². The number of hydrogen-bond acceptors (Lipinski definition) is 3. The molecule has 0 radical (unpaired) electrons. The summed E-state index contributed by atoms with van der Waals surface area (Å²) in [5.41, 5.74) is 10.1. The summed E-state index contributed by atoms with van der Waals surface area (Å²) in [6.45, 7) is 20.0. The minimum absolute atomic E-state index is 0.0757. The summed E-state index contributed by atoms with van der Waals surface area (Å²) in [7, 11) is 0. The van der Waals surface area contributed by atoms with Crippen LogP contribution in [0.2, 0.25) is 0 Å². The van der Waals surface area contributed by atoms with Crippen LogP contribution in [-0.4, -0.2) is 11.1 Å². The van der Waals surface area contributed by atoms with Crippen molar-refractivity contribution in [1.29, 1.82) is 0 Å². The average Bonchev–Trinajstić information content (AvgIpc) is 3.43. The molecule has 0 saturated heterocycles. The molecule has 1 unspecified atom stereocenters. The van der Waals surface area contributed by atoms with Crippen LogP contribution in [0.25, 0.3) is 5.57 Å². The van der Waals surface area contributed by atoms with Crippen LogP contribution in [0.4, 0.5) is 0 Å². The predicted molar refractivity (Wildman–Crippen MR) is 148 cm³/mol. The van der Waals surface area contributed by atoms with Gasteiger partial charge < -0.3 is 9.47 Å². The Kier molecular flexibility index (Phi) is 6.71. The Labute approximate surface area is 218 Å². The molecule has 3 aliphatic rings. The third-order valence-electron chi connectivity index (χ3n) is 8.78. The maximum Gasteiger partial charge on any atom is 0.111 e. The van der Waals surface area contributed by atoms with Gasteiger partial charge in [-0.1, -0.05) is 83.9 Å². The first-order valence-electron chi connectivity index (χ1n) is 14.2. The van der Waals surface area contributed by atoms with Gasteiger partial charge in [-0.25, -0.2) is 0 Å². The van der Waals surface area contributed by atoms with E-state index in [4.69, 9.17) is 14.5 Å². The second-order valence-corrected chi connectivity index (χ2v) is 12.8. The fourth-order valence-corrected chi connectivity index (χ4v) is 6.82. The molecule has 0 N–H and O–H groups in total. The number of allylic oxidation sites excluding steroid dienone is 1. The van der Waals surface area contributed by atoms with Crippen molar-refractivity contribution < 1.29 is 9.47 Å². The zero-order valence-electron chi connectivity index (χ0n) is 23.5. The molecule has 1 aliphatic heterocycles. The zero-order valence-corrected chi connectivity index (χ0v) is 23.5. The van der Waals surface area contributed by atoms with Gasteiger partial charge in [0.15, 0.2) is 0 Å². The fraction of sp³-hybridized carbons (Fsp3) is 0.606. The van der Waals surface area contributed by atoms with Gasteiger partial charge in [0.25, 0.3) is 0 Å². The van der Waals surface area contributed by atoms with E-state index in [1.165, 1.54) is 52.0 Å². The molecule has 1 aromatic heterocycles. The minimum Gasteiger partial charge on any atom is -0.370 e. The Morgan fingerprint density at radius 3 is 2.36 bits per heavy atom. The van der Waals surface area contributed by atoms with E-state index in [2.05, 4.69) is 79.3 Å². The van der Waals surface area contributed by atoms with Gasteiger partial charge in [0.05, 0.1) is 17.8 Å². The number of nitrogens with zero attached hydrogens (tertiary/aromatic N) is 1. The van der Waals surface area contributed by atoms with Crippen molar-refractivity contribution in [1.82, 2.24) is 4.98 Å². The highest BCUT2D eigenvalue weighted by atomic mass is 16.5. The SMILES string of the molecule is C=C(C)c1ccc([C@H]2OC3(CCCC3)c3c2c(C(C)C)nc2c3[C@@H](OC(C)CC)CC(C)(C)C2)cc1. The van der Waals surface area contributed by atoms with Crippen molar-refractivity contribution in [2.45, 2.75) is 123 Å². The Balaban J connectivity index is 1.75. The van der Waals surface area contributed by atoms with Gasteiger partial charge in [0, 0.05) is 22.5 Å². The molecule has 1 saturated carbocycles. The zero-order chi connectivity index (χ0) is 25.8. The van der Waals surface area contributed by atoms with E-state index in [9.17, 15) is 0 Å². The molecule has 5 rings (SSSR count). The molecule has 194 valence electrons. The molecule has 2 heterocycles. The quantitative estimate of drug-likeness (QED) is 0.407. The van der Waals surface area contributed by atoms with Gasteiger partial charge in [-0.05, 0) is 74.0 Å². The summed E-state index contributed by atoms with van der Waals surface area (Å²) >= 11 is 0. The first kappa shape index (κ1) is 25.7. The standard InChI is InChI=1S/C33H45NO2/c1-9-22(6)35-26-19-32(7,8)18-25-27(26)29-28(30(34-25)21(4)5)31(36-33(29)16-10-11-17-33)24-14-12-23(13-15-24)20(2)3/h12-15,21-22,26,31H,2,9-11,16-19H2,1,3-8H3/t22?,26-,31+/m0/s1. The molecule has 3 nitrogen and oxygen atoms in total. The fourth-order valence-electron chi connectivity index (χ4n) is 6.82. The molecule has 2 aliphatic carbocycles. The van der Waals surface area contributed by atoms with Crippen molar-refractivity contribution in [2.24, 2.45) is 5.41 Å². The summed E-state index contributed by atoms with van der Waals surface area (Å²) in [6.07, 6.45) is 7.90. The molecule has 2 aromatic rings. The maximum absolute atomic E-state index is 7.24. The number of ether oxygens (including phenoxy) is 2. The number of benzene rings is 1. The summed E-state index contributed by atoms with van der Waals surface area (Å²) < 4.78 is 14.0. The van der Waals surface area contributed by atoms with Gasteiger partial charge >= 0.3 is 0 Å². The third kappa shape index (κ3) is 4.37. The lowest BCUT2D eigenvalue weighted by Gasteiger charge is -2.40. The number of pyridine rings is 1. The Morgan fingerprint density at radius 1 is 1.11 bits per heavy atom. The Hall–Kier alpha value is -1.97. The van der Waals surface area contributed by atoms with Crippen LogP contribution in [-0.2, 0) is 21.5 Å². The van der Waals surface area contributed by atoms with Crippen LogP contribution >= 0.6 is 0 Å². The van der Waals surface area contributed by atoms with E-state index >= 15 is 0 Å². The number of fused-ring (bicyclic) bond motifs is 4. The Bertz CT molecular complexity index is 1140. The minimum atomic E-state index is -0.220. The maximum atomic E-state index is 7.24. The highest BCUT2D eigenvalue weighted by molar-refractivity contribution is 5.62. The highest BCUT2D eigenvalue weighted by Gasteiger charge is 2.53. The van der Waals surface area contributed by atoms with Crippen molar-refractivity contribution >= 4 is 5.57 Å². The molecule has 1 spiro atoms. The molecule has 0 bridgehead atoms. The molecule has 3 atom stereocenters. The average molecular weight is 488 g/mol. The lowest BCUT2D eigenvalue weighted by atomic mass is 9.70. The molecule has 3 heteroatoms. The van der Waals surface area contributed by atoms with Crippen molar-refractivity contribution in [2.75, 3.05) is 0 Å². The number of aromatic nitrogens is 1. The van der Waals surface area contributed by atoms with Gasteiger partial charge in [-0.3, -0.25) is 4.98 Å². The van der Waals surface area contributed by atoms with Crippen LogP contribution in [0.15, 0.2) is 30.8 Å². The van der Waals surface area contributed by atoms with Gasteiger partial charge in [0.1, 0.15) is 6.10 Å². The molecule has 1 aromatic carbocycles. The van der Waals surface area contributed by atoms with Crippen LogP contribution in [0.3, 0.4) is 0 Å². The van der Waals surface area contributed by atoms with Crippen LogP contribution in [0.1, 0.15) is 144 Å². The number of hydrogen-bond donors (Lipinski definition) is 0. The van der Waals surface area contributed by atoms with E-state index in [1.807, 2.05) is 0 Å². The van der Waals surface area contributed by atoms with Crippen LogP contribution in [0, 0.1) is 5.41 Å². The van der Waals surface area contributed by atoms with Crippen LogP contribution < -0.4 is 0 Å². The molecule has 36 heavy (non-hydrogen) atoms. The normalized spacial score (nSPS) is 24.7. The third-order valence-corrected chi connectivity index (χ3v) is 8.78. The first-order chi connectivity index (χ1) is 17.0. The lowest BCUT2D eigenvalue weighted by Crippen LogP contribution is -2.34. The highest BCUT2D eigenvalue weighted by Crippen LogP contribution is 2.60. The summed E-state index contributed by atoms with van der Waals surface area (Å²) in [6, 6.07) is 8.87. The first-order valence-corrected chi connectivity index (χ1v) is 14.2. The molecule has 1 fully saturated rings. The lowest BCUT2D eigenvalue weighted by molar-refractivity contribution is -0.0628. The summed E-state index contributed by atoms with van der Waals surface area (Å²) in [4.78, 5) is 5.47.